The average Bonchev–Trinajstić information content (AvgIpc) is 2.90. The largest absolute Gasteiger partial charge is 0.349 e. The number of amides is 1. The molecule has 1 aliphatic heterocycles. The van der Waals surface area contributed by atoms with Gasteiger partial charge < -0.3 is 14.8 Å². The van der Waals surface area contributed by atoms with Crippen molar-refractivity contribution in [2.75, 3.05) is 13.2 Å². The van der Waals surface area contributed by atoms with Crippen molar-refractivity contribution >= 4 is 29.1 Å². The smallest absolute Gasteiger partial charge is 0.254 e. The number of nitrogens with one attached hydrogen (secondary N) is 1. The number of benzene rings is 1. The summed E-state index contributed by atoms with van der Waals surface area (Å²) in [5.74, 6) is -0.636. The zero-order valence-electron chi connectivity index (χ0n) is 11.5. The molecule has 1 aromatic rings. The molecule has 0 radical (unpaired) electrons. The minimum atomic E-state index is -0.413. The zero-order valence-corrected chi connectivity index (χ0v) is 13.0. The van der Waals surface area contributed by atoms with Gasteiger partial charge in [-0.2, -0.15) is 0 Å². The Morgan fingerprint density at radius 2 is 1.71 bits per heavy atom. The number of carbonyl (C=O) groups excluding carboxylic acids is 1. The number of halogens is 2. The fraction of sp³-hybridized carbons (Fsp3) is 0.533. The Balaban J connectivity index is 1.61. The molecule has 2 aliphatic rings. The second kappa shape index (κ2) is 6.13. The number of ether oxygens (including phenoxy) is 2. The minimum absolute atomic E-state index is 0.100. The molecule has 0 atom stereocenters. The summed E-state index contributed by atoms with van der Waals surface area (Å²) >= 11 is 12.1. The van der Waals surface area contributed by atoms with Gasteiger partial charge in [-0.15, -0.1) is 0 Å². The van der Waals surface area contributed by atoms with E-state index in [0.29, 0.717) is 28.8 Å². The lowest BCUT2D eigenvalue weighted by molar-refractivity contribution is -0.179. The van der Waals surface area contributed by atoms with Crippen LogP contribution < -0.4 is 5.32 Å². The van der Waals surface area contributed by atoms with Gasteiger partial charge >= 0.3 is 0 Å². The molecule has 1 saturated heterocycles. The van der Waals surface area contributed by atoms with Crippen molar-refractivity contribution in [3.05, 3.63) is 33.8 Å². The van der Waals surface area contributed by atoms with Gasteiger partial charge in [0.15, 0.2) is 5.79 Å². The first-order valence-corrected chi connectivity index (χ1v) is 7.88. The number of hydrogen-bond acceptors (Lipinski definition) is 3. The summed E-state index contributed by atoms with van der Waals surface area (Å²) in [6, 6.07) is 5.15. The van der Waals surface area contributed by atoms with Crippen molar-refractivity contribution in [3.8, 4) is 0 Å². The van der Waals surface area contributed by atoms with Crippen LogP contribution in [0.1, 0.15) is 36.0 Å². The lowest BCUT2D eigenvalue weighted by Gasteiger charge is -2.35. The molecule has 0 bridgehead atoms. The molecule has 6 heteroatoms. The highest BCUT2D eigenvalue weighted by molar-refractivity contribution is 6.39. The summed E-state index contributed by atoms with van der Waals surface area (Å²) in [4.78, 5) is 12.3. The standard InChI is InChI=1S/C15H17Cl2NO3/c16-11-2-1-3-12(17)13(11)14(19)18-10-4-6-15(7-5-10)20-8-9-21-15/h1-3,10H,4-9H2,(H,18,19). The van der Waals surface area contributed by atoms with E-state index in [1.165, 1.54) is 0 Å². The van der Waals surface area contributed by atoms with Gasteiger partial charge in [0.1, 0.15) is 0 Å². The lowest BCUT2D eigenvalue weighted by Crippen LogP contribution is -2.44. The summed E-state index contributed by atoms with van der Waals surface area (Å²) in [5.41, 5.74) is 0.342. The molecule has 1 spiro atoms. The molecule has 0 unspecified atom stereocenters. The van der Waals surface area contributed by atoms with Crippen LogP contribution in [0.2, 0.25) is 10.0 Å². The third-order valence-corrected chi connectivity index (χ3v) is 4.72. The maximum atomic E-state index is 12.3. The first-order valence-electron chi connectivity index (χ1n) is 7.12. The van der Waals surface area contributed by atoms with E-state index in [1.54, 1.807) is 18.2 Å². The maximum absolute atomic E-state index is 12.3. The fourth-order valence-electron chi connectivity index (χ4n) is 2.96. The Morgan fingerprint density at radius 3 is 2.29 bits per heavy atom. The molecule has 2 fully saturated rings. The van der Waals surface area contributed by atoms with E-state index in [0.717, 1.165) is 25.7 Å². The Kier molecular flexibility index (Phi) is 4.41. The first kappa shape index (κ1) is 15.1. The van der Waals surface area contributed by atoms with Crippen LogP contribution in [-0.4, -0.2) is 30.9 Å². The number of rotatable bonds is 2. The molecule has 1 saturated carbocycles. The van der Waals surface area contributed by atoms with Crippen molar-refractivity contribution in [2.24, 2.45) is 0 Å². The van der Waals surface area contributed by atoms with E-state index >= 15 is 0 Å². The fourth-order valence-corrected chi connectivity index (χ4v) is 3.53. The molecule has 3 rings (SSSR count). The summed E-state index contributed by atoms with van der Waals surface area (Å²) in [5, 5.41) is 3.74. The van der Waals surface area contributed by atoms with Crippen molar-refractivity contribution in [2.45, 2.75) is 37.5 Å². The highest BCUT2D eigenvalue weighted by Gasteiger charge is 2.40. The van der Waals surface area contributed by atoms with Gasteiger partial charge in [0.05, 0.1) is 28.8 Å². The quantitative estimate of drug-likeness (QED) is 0.904. The van der Waals surface area contributed by atoms with E-state index in [-0.39, 0.29) is 11.9 Å². The van der Waals surface area contributed by atoms with E-state index in [2.05, 4.69) is 5.32 Å². The van der Waals surface area contributed by atoms with Crippen LogP contribution in [0.15, 0.2) is 18.2 Å². The van der Waals surface area contributed by atoms with Crippen LogP contribution in [0.3, 0.4) is 0 Å². The maximum Gasteiger partial charge on any atom is 0.254 e. The predicted octanol–water partition coefficient (Wildman–Crippen LogP) is 3.41. The Labute approximate surface area is 133 Å². The molecule has 1 aliphatic carbocycles. The highest BCUT2D eigenvalue weighted by Crippen LogP contribution is 2.36. The van der Waals surface area contributed by atoms with E-state index in [4.69, 9.17) is 32.7 Å². The first-order chi connectivity index (χ1) is 10.1. The third kappa shape index (κ3) is 3.19. The minimum Gasteiger partial charge on any atom is -0.349 e. The zero-order chi connectivity index (χ0) is 14.9. The van der Waals surface area contributed by atoms with Gasteiger partial charge in [0, 0.05) is 18.9 Å². The molecular weight excluding hydrogens is 313 g/mol. The van der Waals surface area contributed by atoms with Crippen molar-refractivity contribution in [3.63, 3.8) is 0 Å². The van der Waals surface area contributed by atoms with Crippen LogP contribution in [0, 0.1) is 0 Å². The molecular formula is C15H17Cl2NO3. The number of hydrogen-bond donors (Lipinski definition) is 1. The molecule has 4 nitrogen and oxygen atoms in total. The molecule has 1 N–H and O–H groups in total. The van der Waals surface area contributed by atoms with Gasteiger partial charge in [0.25, 0.3) is 5.91 Å². The van der Waals surface area contributed by atoms with Gasteiger partial charge in [0.2, 0.25) is 0 Å². The summed E-state index contributed by atoms with van der Waals surface area (Å²) < 4.78 is 11.4. The third-order valence-electron chi connectivity index (χ3n) is 4.09. The van der Waals surface area contributed by atoms with Crippen molar-refractivity contribution in [1.82, 2.24) is 5.32 Å². The second-order valence-corrected chi connectivity index (χ2v) is 6.27. The Hall–Kier alpha value is -0.810. The Bertz CT molecular complexity index is 513. The van der Waals surface area contributed by atoms with Crippen molar-refractivity contribution < 1.29 is 14.3 Å². The van der Waals surface area contributed by atoms with Gasteiger partial charge in [-0.3, -0.25) is 4.79 Å². The second-order valence-electron chi connectivity index (χ2n) is 5.45. The normalized spacial score (nSPS) is 21.6. The summed E-state index contributed by atoms with van der Waals surface area (Å²) in [6.07, 6.45) is 3.25. The van der Waals surface area contributed by atoms with E-state index in [9.17, 15) is 4.79 Å². The van der Waals surface area contributed by atoms with Crippen LogP contribution in [-0.2, 0) is 9.47 Å². The molecule has 1 aromatic carbocycles. The number of carbonyl (C=O) groups is 1. The van der Waals surface area contributed by atoms with Gasteiger partial charge in [-0.05, 0) is 25.0 Å². The van der Waals surface area contributed by atoms with E-state index in [1.807, 2.05) is 0 Å². The molecule has 1 heterocycles. The van der Waals surface area contributed by atoms with Crippen LogP contribution >= 0.6 is 23.2 Å². The topological polar surface area (TPSA) is 47.6 Å². The average molecular weight is 330 g/mol. The lowest BCUT2D eigenvalue weighted by atomic mass is 9.90. The molecule has 1 amide bonds. The molecule has 21 heavy (non-hydrogen) atoms. The summed E-state index contributed by atoms with van der Waals surface area (Å²) in [7, 11) is 0. The van der Waals surface area contributed by atoms with Crippen LogP contribution in [0.5, 0.6) is 0 Å². The van der Waals surface area contributed by atoms with Gasteiger partial charge in [-0.1, -0.05) is 29.3 Å². The van der Waals surface area contributed by atoms with Gasteiger partial charge in [-0.25, -0.2) is 0 Å². The monoisotopic (exact) mass is 329 g/mol. The SMILES string of the molecule is O=C(NC1CCC2(CC1)OCCO2)c1c(Cl)cccc1Cl. The molecule has 0 aromatic heterocycles. The van der Waals surface area contributed by atoms with E-state index < -0.39 is 5.79 Å². The van der Waals surface area contributed by atoms with Crippen molar-refractivity contribution in [1.29, 1.82) is 0 Å². The highest BCUT2D eigenvalue weighted by atomic mass is 35.5. The van der Waals surface area contributed by atoms with Crippen LogP contribution in [0.4, 0.5) is 0 Å². The van der Waals surface area contributed by atoms with Crippen LogP contribution in [0.25, 0.3) is 0 Å². The molecule has 114 valence electrons. The Morgan fingerprint density at radius 1 is 1.14 bits per heavy atom. The summed E-state index contributed by atoms with van der Waals surface area (Å²) in [6.45, 7) is 1.32. The predicted molar refractivity (Wildman–Crippen MR) is 80.8 cm³/mol.